The van der Waals surface area contributed by atoms with Gasteiger partial charge in [-0.15, -0.1) is 5.10 Å². The lowest BCUT2D eigenvalue weighted by Gasteiger charge is -2.26. The first kappa shape index (κ1) is 22.3. The van der Waals surface area contributed by atoms with Crippen LogP contribution in [0.1, 0.15) is 22.6 Å². The smallest absolute Gasteiger partial charge is 0.192 e. The summed E-state index contributed by atoms with van der Waals surface area (Å²) in [5.74, 6) is 1.35. The van der Waals surface area contributed by atoms with Gasteiger partial charge in [0.25, 0.3) is 0 Å². The molecule has 10 heteroatoms. The molecule has 0 N–H and O–H groups in total. The molecule has 0 bridgehead atoms. The highest BCUT2D eigenvalue weighted by Crippen LogP contribution is 2.27. The quantitative estimate of drug-likeness (QED) is 0.293. The second kappa shape index (κ2) is 9.78. The first-order chi connectivity index (χ1) is 16.6. The summed E-state index contributed by atoms with van der Waals surface area (Å²) in [4.78, 5) is 17.3. The largest absolute Gasteiger partial charge is 0.497 e. The molecule has 0 atom stereocenters. The van der Waals surface area contributed by atoms with Gasteiger partial charge in [0, 0.05) is 31.9 Å². The van der Waals surface area contributed by atoms with Gasteiger partial charge < -0.3 is 18.9 Å². The van der Waals surface area contributed by atoms with Crippen LogP contribution in [0.15, 0.2) is 35.7 Å². The Morgan fingerprint density at radius 3 is 2.65 bits per heavy atom. The third-order valence-corrected chi connectivity index (χ3v) is 6.32. The minimum Gasteiger partial charge on any atom is -0.497 e. The number of hydrogen-bond donors (Lipinski definition) is 0. The molecule has 0 unspecified atom stereocenters. The summed E-state index contributed by atoms with van der Waals surface area (Å²) in [5.41, 5.74) is 5.02. The molecule has 0 amide bonds. The zero-order chi connectivity index (χ0) is 23.5. The molecule has 0 aliphatic carbocycles. The fraction of sp³-hybridized carbons (Fsp3) is 0.417. The lowest BCUT2D eigenvalue weighted by Crippen LogP contribution is -2.38. The van der Waals surface area contributed by atoms with Gasteiger partial charge in [-0.1, -0.05) is 5.16 Å². The zero-order valence-corrected chi connectivity index (χ0v) is 19.8. The summed E-state index contributed by atoms with van der Waals surface area (Å²) in [6.45, 7) is 9.84. The van der Waals surface area contributed by atoms with Gasteiger partial charge in [0.15, 0.2) is 18.1 Å². The minimum atomic E-state index is 0.172. The van der Waals surface area contributed by atoms with Crippen LogP contribution in [0.5, 0.6) is 5.75 Å². The van der Waals surface area contributed by atoms with Gasteiger partial charge in [-0.25, -0.2) is 14.5 Å². The molecule has 34 heavy (non-hydrogen) atoms. The molecule has 5 rings (SSSR count). The van der Waals surface area contributed by atoms with Crippen LogP contribution in [0.25, 0.3) is 16.7 Å². The van der Waals surface area contributed by atoms with Crippen molar-refractivity contribution in [1.82, 2.24) is 29.0 Å². The van der Waals surface area contributed by atoms with Crippen molar-refractivity contribution in [2.75, 3.05) is 40.0 Å². The SMILES string of the molecule is COc1ccc(C=NOCc2nc3c4c(C)c(C)n(CCN5CCOCC5)c4ncn3n2)cc1. The molecule has 3 aromatic heterocycles. The second-order valence-electron chi connectivity index (χ2n) is 8.34. The summed E-state index contributed by atoms with van der Waals surface area (Å²) >= 11 is 0. The average molecular weight is 464 g/mol. The molecule has 4 aromatic rings. The Bertz CT molecular complexity index is 1300. The number of aromatic nitrogens is 5. The Morgan fingerprint density at radius 1 is 1.09 bits per heavy atom. The maximum absolute atomic E-state index is 5.46. The molecule has 178 valence electrons. The van der Waals surface area contributed by atoms with E-state index < -0.39 is 0 Å². The molecular weight excluding hydrogens is 434 g/mol. The van der Waals surface area contributed by atoms with Crippen LogP contribution in [0.2, 0.25) is 0 Å². The number of morpholine rings is 1. The van der Waals surface area contributed by atoms with Crippen molar-refractivity contribution in [2.24, 2.45) is 5.16 Å². The van der Waals surface area contributed by atoms with Gasteiger partial charge in [-0.3, -0.25) is 4.90 Å². The molecule has 0 spiro atoms. The zero-order valence-electron chi connectivity index (χ0n) is 19.8. The van der Waals surface area contributed by atoms with Crippen LogP contribution in [-0.2, 0) is 22.7 Å². The Balaban J connectivity index is 1.32. The Hall–Kier alpha value is -3.50. The topological polar surface area (TPSA) is 91.3 Å². The van der Waals surface area contributed by atoms with Crippen molar-refractivity contribution in [3.63, 3.8) is 0 Å². The molecular formula is C24H29N7O3. The summed E-state index contributed by atoms with van der Waals surface area (Å²) in [5, 5.41) is 9.60. The summed E-state index contributed by atoms with van der Waals surface area (Å²) in [6, 6.07) is 7.57. The van der Waals surface area contributed by atoms with Crippen molar-refractivity contribution >= 4 is 22.9 Å². The average Bonchev–Trinajstić information content (AvgIpc) is 3.39. The molecule has 10 nitrogen and oxygen atoms in total. The van der Waals surface area contributed by atoms with Crippen molar-refractivity contribution in [2.45, 2.75) is 27.0 Å². The van der Waals surface area contributed by atoms with E-state index in [0.717, 1.165) is 67.4 Å². The van der Waals surface area contributed by atoms with Crippen LogP contribution >= 0.6 is 0 Å². The number of aryl methyl sites for hydroxylation is 1. The van der Waals surface area contributed by atoms with Gasteiger partial charge in [-0.2, -0.15) is 0 Å². The maximum atomic E-state index is 5.46. The second-order valence-corrected chi connectivity index (χ2v) is 8.34. The lowest BCUT2D eigenvalue weighted by atomic mass is 10.2. The molecule has 1 saturated heterocycles. The van der Waals surface area contributed by atoms with E-state index in [2.05, 4.69) is 33.6 Å². The van der Waals surface area contributed by atoms with Crippen molar-refractivity contribution < 1.29 is 14.3 Å². The Morgan fingerprint density at radius 2 is 1.88 bits per heavy atom. The minimum absolute atomic E-state index is 0.172. The summed E-state index contributed by atoms with van der Waals surface area (Å²) < 4.78 is 14.6. The highest BCUT2D eigenvalue weighted by molar-refractivity contribution is 5.93. The number of methoxy groups -OCH3 is 1. The lowest BCUT2D eigenvalue weighted by molar-refractivity contribution is 0.0364. The number of hydrogen-bond acceptors (Lipinski definition) is 8. The third-order valence-electron chi connectivity index (χ3n) is 6.32. The standard InChI is InChI=1S/C24H29N7O3/c1-17-18(2)30(9-8-29-10-12-33-13-11-29)23-22(17)24-27-21(28-31(24)16-25-23)15-34-26-14-19-4-6-20(32-3)7-5-19/h4-7,14,16H,8-13,15H2,1-3H3. The molecule has 1 aliphatic rings. The van der Waals surface area contributed by atoms with Gasteiger partial charge in [0.1, 0.15) is 17.7 Å². The van der Waals surface area contributed by atoms with E-state index in [1.807, 2.05) is 24.3 Å². The van der Waals surface area contributed by atoms with Gasteiger partial charge in [-0.05, 0) is 49.2 Å². The molecule has 4 heterocycles. The van der Waals surface area contributed by atoms with E-state index in [-0.39, 0.29) is 6.61 Å². The number of ether oxygens (including phenoxy) is 2. The highest BCUT2D eigenvalue weighted by atomic mass is 16.6. The third kappa shape index (κ3) is 4.46. The number of oxime groups is 1. The number of benzene rings is 1. The van der Waals surface area contributed by atoms with Crippen LogP contribution in [0.3, 0.4) is 0 Å². The van der Waals surface area contributed by atoms with Crippen LogP contribution in [0.4, 0.5) is 0 Å². The van der Waals surface area contributed by atoms with Crippen LogP contribution < -0.4 is 4.74 Å². The Labute approximate surface area is 197 Å². The van der Waals surface area contributed by atoms with E-state index >= 15 is 0 Å². The predicted molar refractivity (Wildman–Crippen MR) is 128 cm³/mol. The monoisotopic (exact) mass is 463 g/mol. The van der Waals surface area contributed by atoms with Crippen molar-refractivity contribution in [3.05, 3.63) is 53.2 Å². The molecule has 1 aromatic carbocycles. The molecule has 1 aliphatic heterocycles. The summed E-state index contributed by atoms with van der Waals surface area (Å²) in [7, 11) is 1.64. The fourth-order valence-corrected chi connectivity index (χ4v) is 4.26. The molecule has 0 radical (unpaired) electrons. The van der Waals surface area contributed by atoms with E-state index in [1.54, 1.807) is 24.2 Å². The van der Waals surface area contributed by atoms with Crippen LogP contribution in [-0.4, -0.2) is 75.2 Å². The van der Waals surface area contributed by atoms with E-state index in [0.29, 0.717) is 5.82 Å². The van der Waals surface area contributed by atoms with Gasteiger partial charge >= 0.3 is 0 Å². The first-order valence-corrected chi connectivity index (χ1v) is 11.4. The van der Waals surface area contributed by atoms with Gasteiger partial charge in [0.2, 0.25) is 0 Å². The van der Waals surface area contributed by atoms with Gasteiger partial charge in [0.05, 0.1) is 31.9 Å². The fourth-order valence-electron chi connectivity index (χ4n) is 4.26. The first-order valence-electron chi connectivity index (χ1n) is 11.4. The predicted octanol–water partition coefficient (Wildman–Crippen LogP) is 2.59. The number of rotatable bonds is 8. The highest BCUT2D eigenvalue weighted by Gasteiger charge is 2.19. The maximum Gasteiger partial charge on any atom is 0.192 e. The number of nitrogens with zero attached hydrogens (tertiary/aromatic N) is 7. The van der Waals surface area contributed by atoms with Crippen LogP contribution in [0, 0.1) is 13.8 Å². The Kier molecular flexibility index (Phi) is 6.41. The van der Waals surface area contributed by atoms with E-state index in [9.17, 15) is 0 Å². The van der Waals surface area contributed by atoms with Crippen molar-refractivity contribution in [1.29, 1.82) is 0 Å². The van der Waals surface area contributed by atoms with Crippen molar-refractivity contribution in [3.8, 4) is 5.75 Å². The normalized spacial score (nSPS) is 15.0. The molecule has 0 saturated carbocycles. The van der Waals surface area contributed by atoms with E-state index in [4.69, 9.17) is 24.3 Å². The van der Waals surface area contributed by atoms with E-state index in [1.165, 1.54) is 11.3 Å². The molecule has 1 fully saturated rings. The summed E-state index contributed by atoms with van der Waals surface area (Å²) in [6.07, 6.45) is 3.37. The number of fused-ring (bicyclic) bond motifs is 3.